The van der Waals surface area contributed by atoms with E-state index in [1.165, 1.54) is 12.4 Å². The SMILES string of the molecule is O=C(O)c1ccccc1Nc1ncnc2c1ncn2CCCCO. The van der Waals surface area contributed by atoms with Gasteiger partial charge in [-0.1, -0.05) is 12.1 Å². The molecule has 0 amide bonds. The molecular weight excluding hydrogens is 310 g/mol. The summed E-state index contributed by atoms with van der Waals surface area (Å²) in [6, 6.07) is 6.62. The van der Waals surface area contributed by atoms with Gasteiger partial charge < -0.3 is 20.1 Å². The minimum absolute atomic E-state index is 0.153. The standard InChI is InChI=1S/C16H17N5O3/c22-8-4-3-7-21-10-19-13-14(17-9-18-15(13)21)20-12-6-2-1-5-11(12)16(23)24/h1-2,5-6,9-10,22H,3-4,7-8H2,(H,23,24)(H,17,18,20). The Hall–Kier alpha value is -3.00. The van der Waals surface area contributed by atoms with Gasteiger partial charge in [0.2, 0.25) is 0 Å². The third-order valence-corrected chi connectivity index (χ3v) is 3.62. The van der Waals surface area contributed by atoms with Crippen LogP contribution in [0.3, 0.4) is 0 Å². The van der Waals surface area contributed by atoms with Crippen LogP contribution in [0, 0.1) is 0 Å². The predicted octanol–water partition coefficient (Wildman–Crippen LogP) is 2.04. The number of anilines is 2. The summed E-state index contributed by atoms with van der Waals surface area (Å²) in [6.45, 7) is 0.847. The minimum atomic E-state index is -1.02. The maximum atomic E-state index is 11.3. The average Bonchev–Trinajstić information content (AvgIpc) is 3.00. The van der Waals surface area contributed by atoms with Crippen molar-refractivity contribution >= 4 is 28.6 Å². The first kappa shape index (κ1) is 15.9. The first-order chi connectivity index (χ1) is 11.7. The van der Waals surface area contributed by atoms with Crippen molar-refractivity contribution in [3.05, 3.63) is 42.5 Å². The molecule has 124 valence electrons. The largest absolute Gasteiger partial charge is 0.478 e. The molecule has 3 rings (SSSR count). The maximum absolute atomic E-state index is 11.3. The Kier molecular flexibility index (Phi) is 4.66. The van der Waals surface area contributed by atoms with Gasteiger partial charge in [0, 0.05) is 13.2 Å². The molecule has 3 N–H and O–H groups in total. The molecule has 2 heterocycles. The van der Waals surface area contributed by atoms with Crippen LogP contribution in [0.5, 0.6) is 0 Å². The lowest BCUT2D eigenvalue weighted by atomic mass is 10.2. The molecule has 0 bridgehead atoms. The molecule has 0 saturated carbocycles. The molecule has 0 unspecified atom stereocenters. The van der Waals surface area contributed by atoms with Gasteiger partial charge in [0.1, 0.15) is 6.33 Å². The molecule has 8 nitrogen and oxygen atoms in total. The van der Waals surface area contributed by atoms with E-state index in [1.54, 1.807) is 24.5 Å². The fourth-order valence-corrected chi connectivity index (χ4v) is 2.44. The summed E-state index contributed by atoms with van der Waals surface area (Å²) in [4.78, 5) is 24.1. The molecule has 0 aliphatic rings. The highest BCUT2D eigenvalue weighted by atomic mass is 16.4. The number of aliphatic hydroxyl groups excluding tert-OH is 1. The second kappa shape index (κ2) is 7.05. The lowest BCUT2D eigenvalue weighted by Gasteiger charge is -2.09. The van der Waals surface area contributed by atoms with Gasteiger partial charge in [-0.05, 0) is 25.0 Å². The van der Waals surface area contributed by atoms with Gasteiger partial charge >= 0.3 is 5.97 Å². The highest BCUT2D eigenvalue weighted by molar-refractivity contribution is 5.96. The normalized spacial score (nSPS) is 10.9. The maximum Gasteiger partial charge on any atom is 0.337 e. The number of hydrogen-bond donors (Lipinski definition) is 3. The fraction of sp³-hybridized carbons (Fsp3) is 0.250. The number of carboxylic acid groups (broad SMARTS) is 1. The van der Waals surface area contributed by atoms with Crippen LogP contribution < -0.4 is 5.32 Å². The van der Waals surface area contributed by atoms with Crippen molar-refractivity contribution in [3.8, 4) is 0 Å². The summed E-state index contributed by atoms with van der Waals surface area (Å²) in [5.74, 6) is -0.562. The first-order valence-corrected chi connectivity index (χ1v) is 7.56. The summed E-state index contributed by atoms with van der Waals surface area (Å²) in [7, 11) is 0. The molecule has 0 fully saturated rings. The lowest BCUT2D eigenvalue weighted by Crippen LogP contribution is -2.04. The van der Waals surface area contributed by atoms with E-state index in [4.69, 9.17) is 5.11 Å². The van der Waals surface area contributed by atoms with Gasteiger partial charge in [0.25, 0.3) is 0 Å². The Morgan fingerprint density at radius 2 is 2.00 bits per heavy atom. The second-order valence-corrected chi connectivity index (χ2v) is 5.24. The number of nitrogens with one attached hydrogen (secondary N) is 1. The van der Waals surface area contributed by atoms with Crippen molar-refractivity contribution in [3.63, 3.8) is 0 Å². The lowest BCUT2D eigenvalue weighted by molar-refractivity contribution is 0.0698. The van der Waals surface area contributed by atoms with Crippen LogP contribution >= 0.6 is 0 Å². The molecule has 8 heteroatoms. The number of unbranched alkanes of at least 4 members (excludes halogenated alkanes) is 1. The van der Waals surface area contributed by atoms with Crippen LogP contribution in [-0.4, -0.2) is 42.3 Å². The smallest absolute Gasteiger partial charge is 0.337 e. The predicted molar refractivity (Wildman–Crippen MR) is 88.3 cm³/mol. The molecule has 3 aromatic rings. The number of aliphatic hydroxyl groups is 1. The molecule has 0 spiro atoms. The van der Waals surface area contributed by atoms with E-state index in [9.17, 15) is 9.90 Å². The Balaban J connectivity index is 1.92. The number of aromatic nitrogens is 4. The molecule has 24 heavy (non-hydrogen) atoms. The number of carbonyl (C=O) groups is 1. The number of nitrogens with zero attached hydrogens (tertiary/aromatic N) is 4. The van der Waals surface area contributed by atoms with Crippen molar-refractivity contribution in [1.82, 2.24) is 19.5 Å². The van der Waals surface area contributed by atoms with Crippen molar-refractivity contribution in [2.75, 3.05) is 11.9 Å². The monoisotopic (exact) mass is 327 g/mol. The zero-order valence-corrected chi connectivity index (χ0v) is 12.9. The van der Waals surface area contributed by atoms with Crippen LogP contribution in [0.25, 0.3) is 11.2 Å². The Morgan fingerprint density at radius 1 is 1.17 bits per heavy atom. The van der Waals surface area contributed by atoms with Crippen LogP contribution in [0.2, 0.25) is 0 Å². The first-order valence-electron chi connectivity index (χ1n) is 7.56. The number of hydrogen-bond acceptors (Lipinski definition) is 6. The second-order valence-electron chi connectivity index (χ2n) is 5.24. The fourth-order valence-electron chi connectivity index (χ4n) is 2.44. The summed E-state index contributed by atoms with van der Waals surface area (Å²) >= 11 is 0. The quantitative estimate of drug-likeness (QED) is 0.569. The zero-order chi connectivity index (χ0) is 16.9. The van der Waals surface area contributed by atoms with Crippen molar-refractivity contribution in [2.24, 2.45) is 0 Å². The van der Waals surface area contributed by atoms with Crippen LogP contribution in [0.4, 0.5) is 11.5 Å². The van der Waals surface area contributed by atoms with E-state index in [-0.39, 0.29) is 12.2 Å². The number of imidazole rings is 1. The van der Waals surface area contributed by atoms with Crippen molar-refractivity contribution < 1.29 is 15.0 Å². The Bertz CT molecular complexity index is 862. The van der Waals surface area contributed by atoms with Gasteiger partial charge in [-0.25, -0.2) is 19.7 Å². The van der Waals surface area contributed by atoms with Crippen LogP contribution in [0.1, 0.15) is 23.2 Å². The summed E-state index contributed by atoms with van der Waals surface area (Å²) < 4.78 is 1.89. The van der Waals surface area contributed by atoms with Crippen molar-refractivity contribution in [1.29, 1.82) is 0 Å². The van der Waals surface area contributed by atoms with Gasteiger partial charge in [-0.3, -0.25) is 0 Å². The minimum Gasteiger partial charge on any atom is -0.478 e. The third kappa shape index (κ3) is 3.18. The Morgan fingerprint density at radius 3 is 2.79 bits per heavy atom. The van der Waals surface area contributed by atoms with E-state index in [0.29, 0.717) is 35.6 Å². The topological polar surface area (TPSA) is 113 Å². The summed E-state index contributed by atoms with van der Waals surface area (Å²) in [5.41, 5.74) is 1.84. The molecule has 0 saturated heterocycles. The summed E-state index contributed by atoms with van der Waals surface area (Å²) in [6.07, 6.45) is 4.61. The molecule has 0 aliphatic heterocycles. The number of carboxylic acids is 1. The zero-order valence-electron chi connectivity index (χ0n) is 12.9. The van der Waals surface area contributed by atoms with E-state index < -0.39 is 5.97 Å². The molecule has 2 aromatic heterocycles. The van der Waals surface area contributed by atoms with Crippen LogP contribution in [0.15, 0.2) is 36.9 Å². The number of rotatable bonds is 7. The van der Waals surface area contributed by atoms with E-state index in [0.717, 1.165) is 6.42 Å². The third-order valence-electron chi connectivity index (χ3n) is 3.62. The summed E-state index contributed by atoms with van der Waals surface area (Å²) in [5, 5.41) is 21.2. The van der Waals surface area contributed by atoms with E-state index in [2.05, 4.69) is 20.3 Å². The Labute approximate surface area is 137 Å². The number of aryl methyl sites for hydroxylation is 1. The molecular formula is C16H17N5O3. The van der Waals surface area contributed by atoms with Gasteiger partial charge in [0.15, 0.2) is 17.0 Å². The molecule has 0 radical (unpaired) electrons. The van der Waals surface area contributed by atoms with E-state index in [1.807, 2.05) is 4.57 Å². The molecule has 0 aliphatic carbocycles. The number of aromatic carboxylic acids is 1. The van der Waals surface area contributed by atoms with Crippen LogP contribution in [-0.2, 0) is 6.54 Å². The van der Waals surface area contributed by atoms with Gasteiger partial charge in [-0.15, -0.1) is 0 Å². The number of fused-ring (bicyclic) bond motifs is 1. The molecule has 0 atom stereocenters. The van der Waals surface area contributed by atoms with Crippen molar-refractivity contribution in [2.45, 2.75) is 19.4 Å². The van der Waals surface area contributed by atoms with E-state index >= 15 is 0 Å². The number of para-hydroxylation sites is 1. The highest BCUT2D eigenvalue weighted by Gasteiger charge is 2.14. The highest BCUT2D eigenvalue weighted by Crippen LogP contribution is 2.24. The average molecular weight is 327 g/mol. The molecule has 1 aromatic carbocycles. The van der Waals surface area contributed by atoms with Gasteiger partial charge in [-0.2, -0.15) is 0 Å². The number of benzene rings is 1. The van der Waals surface area contributed by atoms with Gasteiger partial charge in [0.05, 0.1) is 17.6 Å².